The fourth-order valence-electron chi connectivity index (χ4n) is 2.21. The van der Waals surface area contributed by atoms with E-state index in [1.165, 1.54) is 12.1 Å². The summed E-state index contributed by atoms with van der Waals surface area (Å²) in [5, 5.41) is 12.3. The number of rotatable bonds is 6. The van der Waals surface area contributed by atoms with Crippen LogP contribution in [0.25, 0.3) is 0 Å². The lowest BCUT2D eigenvalue weighted by Crippen LogP contribution is -2.18. The molecule has 0 saturated heterocycles. The van der Waals surface area contributed by atoms with Crippen LogP contribution in [0.15, 0.2) is 36.5 Å². The van der Waals surface area contributed by atoms with Crippen LogP contribution >= 0.6 is 0 Å². The van der Waals surface area contributed by atoms with E-state index in [-0.39, 0.29) is 18.1 Å². The van der Waals surface area contributed by atoms with Gasteiger partial charge in [0.1, 0.15) is 5.82 Å². The number of benzene rings is 1. The molecule has 0 unspecified atom stereocenters. The van der Waals surface area contributed by atoms with Crippen molar-refractivity contribution in [3.63, 3.8) is 0 Å². The Morgan fingerprint density at radius 2 is 2.04 bits per heavy atom. The quantitative estimate of drug-likeness (QED) is 0.526. The molecule has 8 heteroatoms. The Kier molecular flexibility index (Phi) is 4.05. The zero-order valence-corrected chi connectivity index (χ0v) is 11.9. The molecular weight excluding hydrogens is 301 g/mol. The van der Waals surface area contributed by atoms with Crippen LogP contribution in [0.3, 0.4) is 0 Å². The molecule has 0 fully saturated rings. The fourth-order valence-corrected chi connectivity index (χ4v) is 2.21. The van der Waals surface area contributed by atoms with Crippen LogP contribution in [0.4, 0.5) is 4.39 Å². The second kappa shape index (κ2) is 6.30. The van der Waals surface area contributed by atoms with Gasteiger partial charge in [-0.25, -0.2) is 4.39 Å². The van der Waals surface area contributed by atoms with Crippen LogP contribution in [0, 0.1) is 5.82 Å². The van der Waals surface area contributed by atoms with Gasteiger partial charge in [-0.2, -0.15) is 5.21 Å². The van der Waals surface area contributed by atoms with Crippen molar-refractivity contribution in [3.8, 4) is 0 Å². The van der Waals surface area contributed by atoms with Crippen molar-refractivity contribution in [2.75, 3.05) is 0 Å². The van der Waals surface area contributed by atoms with E-state index in [9.17, 15) is 14.0 Å². The van der Waals surface area contributed by atoms with Crippen LogP contribution in [0.1, 0.15) is 27.4 Å². The molecule has 7 nitrogen and oxygen atoms in total. The van der Waals surface area contributed by atoms with Gasteiger partial charge in [-0.1, -0.05) is 12.1 Å². The molecule has 2 aromatic heterocycles. The Bertz CT molecular complexity index is 841. The zero-order chi connectivity index (χ0) is 16.2. The number of carbonyl (C=O) groups excluding carboxylic acids is 2. The maximum Gasteiger partial charge on any atom is 0.269 e. The summed E-state index contributed by atoms with van der Waals surface area (Å²) in [6.07, 6.45) is 2.09. The van der Waals surface area contributed by atoms with Crippen molar-refractivity contribution in [3.05, 3.63) is 65.0 Å². The van der Waals surface area contributed by atoms with Crippen LogP contribution in [0.5, 0.6) is 0 Å². The van der Waals surface area contributed by atoms with E-state index in [1.807, 2.05) is 6.07 Å². The maximum atomic E-state index is 13.2. The smallest absolute Gasteiger partial charge is 0.269 e. The number of Topliss-reactive ketones (excluding diaryl/α,β-unsaturated/α-hetero) is 2. The Morgan fingerprint density at radius 1 is 1.17 bits per heavy atom. The predicted molar refractivity (Wildman–Crippen MR) is 77.2 cm³/mol. The molecule has 116 valence electrons. The summed E-state index contributed by atoms with van der Waals surface area (Å²) >= 11 is 0. The second-order valence-corrected chi connectivity index (χ2v) is 5.00. The monoisotopic (exact) mass is 313 g/mol. The van der Waals surface area contributed by atoms with Crippen LogP contribution in [-0.2, 0) is 17.6 Å². The Balaban J connectivity index is 1.65. The minimum atomic E-state index is -0.786. The SMILES string of the molecule is O=C(Cc1c[nH]c(Cc2cccc(F)c2)c1)C(=O)c1nn[nH]n1. The highest BCUT2D eigenvalue weighted by Gasteiger charge is 2.21. The molecule has 3 rings (SSSR count). The lowest BCUT2D eigenvalue weighted by atomic mass is 10.1. The number of carbonyl (C=O) groups is 2. The van der Waals surface area contributed by atoms with Gasteiger partial charge in [0.2, 0.25) is 11.6 Å². The number of aromatic nitrogens is 5. The fraction of sp³-hybridized carbons (Fsp3) is 0.133. The highest BCUT2D eigenvalue weighted by molar-refractivity contribution is 6.43. The lowest BCUT2D eigenvalue weighted by Gasteiger charge is -1.99. The summed E-state index contributed by atoms with van der Waals surface area (Å²) in [5.41, 5.74) is 2.30. The van der Waals surface area contributed by atoms with Gasteiger partial charge in [0, 0.05) is 24.7 Å². The largest absolute Gasteiger partial charge is 0.364 e. The number of halogens is 1. The first-order valence-corrected chi connectivity index (χ1v) is 6.83. The average Bonchev–Trinajstić information content (AvgIpc) is 3.18. The molecule has 23 heavy (non-hydrogen) atoms. The Hall–Kier alpha value is -3.16. The standard InChI is InChI=1S/C15H12FN5O2/c16-11-3-1-2-9(4-11)5-12-6-10(8-17-12)7-13(22)14(23)15-18-20-21-19-15/h1-4,6,8,17H,5,7H2,(H,18,19,20,21). The van der Waals surface area contributed by atoms with Gasteiger partial charge in [0.05, 0.1) is 0 Å². The summed E-state index contributed by atoms with van der Waals surface area (Å²) in [4.78, 5) is 26.7. The average molecular weight is 313 g/mol. The zero-order valence-electron chi connectivity index (χ0n) is 11.9. The number of aromatic amines is 2. The predicted octanol–water partition coefficient (Wildman–Crippen LogP) is 1.25. The summed E-state index contributed by atoms with van der Waals surface area (Å²) in [6.45, 7) is 0. The molecule has 2 N–H and O–H groups in total. The lowest BCUT2D eigenvalue weighted by molar-refractivity contribution is -0.114. The van der Waals surface area contributed by atoms with Gasteiger partial charge >= 0.3 is 0 Å². The molecule has 2 heterocycles. The summed E-state index contributed by atoms with van der Waals surface area (Å²) in [6, 6.07) is 8.06. The molecule has 0 bridgehead atoms. The number of nitrogens with one attached hydrogen (secondary N) is 2. The van der Waals surface area contributed by atoms with E-state index < -0.39 is 11.6 Å². The first-order chi connectivity index (χ1) is 11.1. The maximum absolute atomic E-state index is 13.2. The molecule has 0 amide bonds. The first kappa shape index (κ1) is 14.8. The van der Waals surface area contributed by atoms with E-state index in [0.29, 0.717) is 12.0 Å². The first-order valence-electron chi connectivity index (χ1n) is 6.83. The number of hydrogen-bond donors (Lipinski definition) is 2. The van der Waals surface area contributed by atoms with E-state index in [0.717, 1.165) is 11.3 Å². The number of ketones is 2. The van der Waals surface area contributed by atoms with Crippen LogP contribution in [0.2, 0.25) is 0 Å². The molecule has 0 aliphatic carbocycles. The van der Waals surface area contributed by atoms with E-state index in [1.54, 1.807) is 18.3 Å². The second-order valence-electron chi connectivity index (χ2n) is 5.00. The summed E-state index contributed by atoms with van der Waals surface area (Å²) < 4.78 is 13.2. The van der Waals surface area contributed by atoms with Crippen molar-refractivity contribution in [2.45, 2.75) is 12.8 Å². The van der Waals surface area contributed by atoms with Crippen molar-refractivity contribution < 1.29 is 14.0 Å². The number of tetrazole rings is 1. The molecule has 1 aromatic carbocycles. The Labute approximate surface area is 129 Å². The molecule has 0 atom stereocenters. The highest BCUT2D eigenvalue weighted by atomic mass is 19.1. The van der Waals surface area contributed by atoms with Crippen molar-refractivity contribution >= 4 is 11.6 Å². The third-order valence-electron chi connectivity index (χ3n) is 3.25. The van der Waals surface area contributed by atoms with Crippen molar-refractivity contribution in [1.29, 1.82) is 0 Å². The van der Waals surface area contributed by atoms with E-state index >= 15 is 0 Å². The molecule has 0 aliphatic heterocycles. The number of hydrogen-bond acceptors (Lipinski definition) is 5. The van der Waals surface area contributed by atoms with Gasteiger partial charge in [0.15, 0.2) is 0 Å². The minimum absolute atomic E-state index is 0.0625. The minimum Gasteiger partial charge on any atom is -0.364 e. The van der Waals surface area contributed by atoms with Crippen molar-refractivity contribution in [1.82, 2.24) is 25.6 Å². The number of nitrogens with zero attached hydrogens (tertiary/aromatic N) is 3. The Morgan fingerprint density at radius 3 is 2.78 bits per heavy atom. The molecular formula is C15H12FN5O2. The molecule has 0 saturated carbocycles. The van der Waals surface area contributed by atoms with Crippen LogP contribution < -0.4 is 0 Å². The van der Waals surface area contributed by atoms with Gasteiger partial charge in [-0.15, -0.1) is 10.2 Å². The molecule has 0 spiro atoms. The van der Waals surface area contributed by atoms with E-state index in [2.05, 4.69) is 25.6 Å². The van der Waals surface area contributed by atoms with Gasteiger partial charge in [0.25, 0.3) is 5.78 Å². The third-order valence-corrected chi connectivity index (χ3v) is 3.25. The van der Waals surface area contributed by atoms with Gasteiger partial charge in [-0.05, 0) is 34.5 Å². The highest BCUT2D eigenvalue weighted by Crippen LogP contribution is 2.12. The topological polar surface area (TPSA) is 104 Å². The summed E-state index contributed by atoms with van der Waals surface area (Å²) in [7, 11) is 0. The number of H-pyrrole nitrogens is 2. The van der Waals surface area contributed by atoms with Crippen LogP contribution in [-0.4, -0.2) is 37.2 Å². The molecule has 3 aromatic rings. The van der Waals surface area contributed by atoms with Gasteiger partial charge < -0.3 is 4.98 Å². The third kappa shape index (κ3) is 3.54. The summed E-state index contributed by atoms with van der Waals surface area (Å²) in [5.74, 6) is -1.95. The van der Waals surface area contributed by atoms with E-state index in [4.69, 9.17) is 0 Å². The molecule has 0 aliphatic rings. The van der Waals surface area contributed by atoms with Crippen molar-refractivity contribution in [2.24, 2.45) is 0 Å². The normalized spacial score (nSPS) is 10.7. The molecule has 0 radical (unpaired) electrons. The van der Waals surface area contributed by atoms with Gasteiger partial charge in [-0.3, -0.25) is 9.59 Å².